The van der Waals surface area contributed by atoms with Gasteiger partial charge < -0.3 is 13.7 Å². The molecule has 3 aromatic heterocycles. The molecule has 0 N–H and O–H groups in total. The van der Waals surface area contributed by atoms with Gasteiger partial charge in [0, 0.05) is 50.9 Å². The summed E-state index contributed by atoms with van der Waals surface area (Å²) in [4.78, 5) is 6.71. The minimum atomic E-state index is 0.859. The molecular formula is C49H30N2O2. The zero-order valence-corrected chi connectivity index (χ0v) is 28.5. The van der Waals surface area contributed by atoms with E-state index in [0.29, 0.717) is 0 Å². The van der Waals surface area contributed by atoms with Crippen LogP contribution in [0.15, 0.2) is 191 Å². The summed E-state index contributed by atoms with van der Waals surface area (Å²) >= 11 is 0. The third-order valence-corrected chi connectivity index (χ3v) is 10.5. The molecule has 0 atom stereocenters. The van der Waals surface area contributed by atoms with Crippen molar-refractivity contribution < 1.29 is 8.83 Å². The molecule has 0 saturated heterocycles. The second-order valence-corrected chi connectivity index (χ2v) is 13.5. The summed E-state index contributed by atoms with van der Waals surface area (Å²) in [5.74, 6) is 0. The van der Waals surface area contributed by atoms with Crippen molar-refractivity contribution in [1.29, 1.82) is 0 Å². The number of furan rings is 2. The number of hydrogen-bond acceptors (Lipinski definition) is 4. The number of fused-ring (bicyclic) bond motifs is 9. The van der Waals surface area contributed by atoms with Gasteiger partial charge >= 0.3 is 0 Å². The van der Waals surface area contributed by atoms with Crippen LogP contribution in [-0.2, 0) is 0 Å². The SMILES string of the molecule is c1cncc(-c2cccc3oc4cc(-c5ccc(N(c6ccc7ccccc7c6)c6cccc7c6oc6ccccc67)cc5)c5ccccc5c4c23)c1. The van der Waals surface area contributed by atoms with E-state index in [1.165, 1.54) is 16.2 Å². The maximum Gasteiger partial charge on any atom is 0.159 e. The zero-order valence-electron chi connectivity index (χ0n) is 28.5. The highest BCUT2D eigenvalue weighted by molar-refractivity contribution is 6.25. The van der Waals surface area contributed by atoms with Gasteiger partial charge in [-0.25, -0.2) is 0 Å². The van der Waals surface area contributed by atoms with Crippen molar-refractivity contribution in [3.63, 3.8) is 0 Å². The van der Waals surface area contributed by atoms with Crippen LogP contribution < -0.4 is 4.90 Å². The Balaban J connectivity index is 1.10. The zero-order chi connectivity index (χ0) is 34.9. The third-order valence-electron chi connectivity index (χ3n) is 10.5. The Hall–Kier alpha value is -7.17. The van der Waals surface area contributed by atoms with E-state index in [9.17, 15) is 0 Å². The summed E-state index contributed by atoms with van der Waals surface area (Å²) < 4.78 is 13.2. The summed E-state index contributed by atoms with van der Waals surface area (Å²) in [6.45, 7) is 0. The van der Waals surface area contributed by atoms with E-state index in [1.807, 2.05) is 30.6 Å². The molecule has 0 fully saturated rings. The Morgan fingerprint density at radius 1 is 0.415 bits per heavy atom. The molecule has 8 aromatic carbocycles. The first kappa shape index (κ1) is 29.5. The fraction of sp³-hybridized carbons (Fsp3) is 0. The van der Waals surface area contributed by atoms with Crippen LogP contribution in [-0.4, -0.2) is 4.98 Å². The highest BCUT2D eigenvalue weighted by Gasteiger charge is 2.21. The number of hydrogen-bond donors (Lipinski definition) is 0. The van der Waals surface area contributed by atoms with Crippen LogP contribution in [0, 0.1) is 0 Å². The molecule has 0 radical (unpaired) electrons. The molecule has 4 heteroatoms. The fourth-order valence-electron chi connectivity index (χ4n) is 8.12. The third kappa shape index (κ3) is 4.66. The Morgan fingerprint density at radius 2 is 1.15 bits per heavy atom. The lowest BCUT2D eigenvalue weighted by Gasteiger charge is -2.26. The summed E-state index contributed by atoms with van der Waals surface area (Å²) in [6, 6.07) is 59.9. The molecule has 0 spiro atoms. The van der Waals surface area contributed by atoms with Gasteiger partial charge in [0.2, 0.25) is 0 Å². The summed E-state index contributed by atoms with van der Waals surface area (Å²) in [5, 5.41) is 9.16. The lowest BCUT2D eigenvalue weighted by atomic mass is 9.93. The second-order valence-electron chi connectivity index (χ2n) is 13.5. The monoisotopic (exact) mass is 678 g/mol. The van der Waals surface area contributed by atoms with Crippen molar-refractivity contribution in [3.05, 3.63) is 182 Å². The van der Waals surface area contributed by atoms with Crippen LogP contribution in [0.3, 0.4) is 0 Å². The standard InChI is InChI=1S/C49H30N2O2/c1-2-11-33-28-36(26-21-31(33)10-1)51(43-18-7-17-41-39-14-5-6-19-44(39)53-49(41)43)35-24-22-32(23-25-35)42-29-46-48(40-15-4-3-13-38(40)42)47-37(16-8-20-45(47)52-46)34-12-9-27-50-30-34/h1-30H. The summed E-state index contributed by atoms with van der Waals surface area (Å²) in [6.07, 6.45) is 3.73. The Bertz CT molecular complexity index is 3180. The molecule has 11 aromatic rings. The first-order valence-corrected chi connectivity index (χ1v) is 17.9. The van der Waals surface area contributed by atoms with Gasteiger partial charge in [-0.1, -0.05) is 115 Å². The van der Waals surface area contributed by atoms with E-state index < -0.39 is 0 Å². The molecule has 0 unspecified atom stereocenters. The molecule has 0 aliphatic rings. The largest absolute Gasteiger partial charge is 0.456 e. The smallest absolute Gasteiger partial charge is 0.159 e. The van der Waals surface area contributed by atoms with E-state index in [0.717, 1.165) is 88.6 Å². The second kappa shape index (κ2) is 11.7. The molecular weight excluding hydrogens is 649 g/mol. The molecule has 53 heavy (non-hydrogen) atoms. The number of para-hydroxylation sites is 2. The minimum Gasteiger partial charge on any atom is -0.456 e. The molecule has 0 amide bonds. The predicted octanol–water partition coefficient (Wildman–Crippen LogP) is 14.0. The van der Waals surface area contributed by atoms with Gasteiger partial charge in [-0.3, -0.25) is 4.98 Å². The normalized spacial score (nSPS) is 11.8. The van der Waals surface area contributed by atoms with Gasteiger partial charge in [-0.15, -0.1) is 0 Å². The molecule has 4 nitrogen and oxygen atoms in total. The highest BCUT2D eigenvalue weighted by Crippen LogP contribution is 2.46. The van der Waals surface area contributed by atoms with Gasteiger partial charge in [0.15, 0.2) is 5.58 Å². The van der Waals surface area contributed by atoms with Crippen molar-refractivity contribution in [2.24, 2.45) is 0 Å². The van der Waals surface area contributed by atoms with Gasteiger partial charge in [0.25, 0.3) is 0 Å². The van der Waals surface area contributed by atoms with E-state index in [2.05, 4.69) is 162 Å². The van der Waals surface area contributed by atoms with Crippen LogP contribution in [0.1, 0.15) is 0 Å². The van der Waals surface area contributed by atoms with Crippen molar-refractivity contribution in [2.45, 2.75) is 0 Å². The quantitative estimate of drug-likeness (QED) is 0.182. The van der Waals surface area contributed by atoms with E-state index in [4.69, 9.17) is 8.83 Å². The number of nitrogens with zero attached hydrogens (tertiary/aromatic N) is 2. The van der Waals surface area contributed by atoms with Gasteiger partial charge in [-0.2, -0.15) is 0 Å². The first-order chi connectivity index (χ1) is 26.3. The molecule has 248 valence electrons. The van der Waals surface area contributed by atoms with Crippen molar-refractivity contribution in [3.8, 4) is 22.3 Å². The molecule has 0 aliphatic carbocycles. The van der Waals surface area contributed by atoms with E-state index in [1.54, 1.807) is 0 Å². The van der Waals surface area contributed by atoms with Crippen LogP contribution in [0.4, 0.5) is 17.1 Å². The molecule has 3 heterocycles. The van der Waals surface area contributed by atoms with Crippen molar-refractivity contribution >= 4 is 82.5 Å². The number of pyridine rings is 1. The number of anilines is 3. The number of rotatable bonds is 5. The number of aromatic nitrogens is 1. The fourth-order valence-corrected chi connectivity index (χ4v) is 8.12. The van der Waals surface area contributed by atoms with E-state index in [-0.39, 0.29) is 0 Å². The van der Waals surface area contributed by atoms with Gasteiger partial charge in [0.05, 0.1) is 5.69 Å². The Labute approximate surface area is 304 Å². The Morgan fingerprint density at radius 3 is 2.02 bits per heavy atom. The maximum absolute atomic E-state index is 6.62. The van der Waals surface area contributed by atoms with Crippen LogP contribution in [0.2, 0.25) is 0 Å². The molecule has 0 aliphatic heterocycles. The molecule has 0 bridgehead atoms. The lowest BCUT2D eigenvalue weighted by Crippen LogP contribution is -2.10. The highest BCUT2D eigenvalue weighted by atomic mass is 16.3. The van der Waals surface area contributed by atoms with E-state index >= 15 is 0 Å². The lowest BCUT2D eigenvalue weighted by molar-refractivity contribution is 0.669. The predicted molar refractivity (Wildman–Crippen MR) is 219 cm³/mol. The van der Waals surface area contributed by atoms with Crippen LogP contribution >= 0.6 is 0 Å². The van der Waals surface area contributed by atoms with Crippen LogP contribution in [0.5, 0.6) is 0 Å². The average Bonchev–Trinajstić information content (AvgIpc) is 3.80. The maximum atomic E-state index is 6.62. The summed E-state index contributed by atoms with van der Waals surface area (Å²) in [5.41, 5.74) is 11.0. The van der Waals surface area contributed by atoms with Crippen molar-refractivity contribution in [2.75, 3.05) is 4.90 Å². The van der Waals surface area contributed by atoms with Gasteiger partial charge in [0.1, 0.15) is 16.7 Å². The Kier molecular flexibility index (Phi) is 6.52. The number of benzene rings is 8. The van der Waals surface area contributed by atoms with Crippen LogP contribution in [0.25, 0.3) is 87.7 Å². The molecule has 0 saturated carbocycles. The van der Waals surface area contributed by atoms with Crippen molar-refractivity contribution in [1.82, 2.24) is 4.98 Å². The van der Waals surface area contributed by atoms with Gasteiger partial charge in [-0.05, 0) is 92.8 Å². The topological polar surface area (TPSA) is 42.4 Å². The first-order valence-electron chi connectivity index (χ1n) is 17.9. The molecule has 11 rings (SSSR count). The minimum absolute atomic E-state index is 0.859. The summed E-state index contributed by atoms with van der Waals surface area (Å²) in [7, 11) is 0. The average molecular weight is 679 g/mol.